The third-order valence-electron chi connectivity index (χ3n) is 12.0. The Morgan fingerprint density at radius 3 is 2.35 bits per heavy atom. The fourth-order valence-corrected chi connectivity index (χ4v) is 9.39. The number of anilines is 1. The second-order valence-corrected chi connectivity index (χ2v) is 15.1. The predicted octanol–water partition coefficient (Wildman–Crippen LogP) is 0.633. The van der Waals surface area contributed by atoms with Crippen LogP contribution < -0.4 is 31.3 Å². The van der Waals surface area contributed by atoms with Crippen LogP contribution >= 0.6 is 0 Å². The number of benzene rings is 3. The van der Waals surface area contributed by atoms with Crippen LogP contribution in [0.15, 0.2) is 54.6 Å². The number of hydrogen-bond acceptors (Lipinski definition) is 14. The SMILES string of the molecule is N[C@@H]1NC(=O)[C@@H]2NCN(c3ccccc3[C@@H]3CCOC4(CCCCC4)[C@@H]4O[C@H](Oc5c3cc3c(c5O)C(=O)c5ccccc5C3=O)[C@@H](O)[C@H](O)[C@H]4O)[C@H]2N1. The molecule has 4 aliphatic heterocycles. The van der Waals surface area contributed by atoms with Crippen LogP contribution in [0.3, 0.4) is 0 Å². The Morgan fingerprint density at radius 2 is 1.57 bits per heavy atom. The van der Waals surface area contributed by atoms with Gasteiger partial charge in [-0.2, -0.15) is 0 Å². The molecule has 2 bridgehead atoms. The summed E-state index contributed by atoms with van der Waals surface area (Å²) in [6.07, 6.45) is -5.12. The van der Waals surface area contributed by atoms with Crippen LogP contribution in [0.4, 0.5) is 5.69 Å². The molecule has 54 heavy (non-hydrogen) atoms. The number of phenols is 1. The van der Waals surface area contributed by atoms with E-state index in [2.05, 4.69) is 16.0 Å². The number of carbonyl (C=O) groups is 3. The third kappa shape index (κ3) is 5.45. The molecule has 1 saturated carbocycles. The Labute approximate surface area is 310 Å². The summed E-state index contributed by atoms with van der Waals surface area (Å²) in [6.45, 7) is 0.408. The van der Waals surface area contributed by atoms with Crippen molar-refractivity contribution >= 4 is 23.2 Å². The molecule has 3 aromatic carbocycles. The quantitative estimate of drug-likeness (QED) is 0.141. The molecule has 15 heteroatoms. The molecular formula is C39H43N5O10. The van der Waals surface area contributed by atoms with Crippen LogP contribution in [0.1, 0.15) is 87.4 Å². The van der Waals surface area contributed by atoms with Crippen molar-refractivity contribution in [1.82, 2.24) is 16.0 Å². The van der Waals surface area contributed by atoms with Gasteiger partial charge >= 0.3 is 0 Å². The number of ketones is 2. The number of fused-ring (bicyclic) bond motifs is 7. The lowest BCUT2D eigenvalue weighted by Gasteiger charge is -2.50. The number of aliphatic hydroxyl groups is 3. The van der Waals surface area contributed by atoms with Gasteiger partial charge in [-0.1, -0.05) is 61.7 Å². The number of aromatic hydroxyl groups is 1. The molecule has 3 saturated heterocycles. The van der Waals surface area contributed by atoms with Crippen LogP contribution in [-0.2, 0) is 14.3 Å². The van der Waals surface area contributed by atoms with Crippen molar-refractivity contribution in [3.63, 3.8) is 0 Å². The first-order valence-corrected chi connectivity index (χ1v) is 18.6. The number of amides is 1. The minimum atomic E-state index is -1.76. The van der Waals surface area contributed by atoms with Crippen molar-refractivity contribution < 1.29 is 49.0 Å². The number of para-hydroxylation sites is 1. The van der Waals surface area contributed by atoms with Gasteiger partial charge in [0.05, 0.1) is 17.8 Å². The number of rotatable bonds is 2. The van der Waals surface area contributed by atoms with E-state index in [1.165, 1.54) is 6.07 Å². The number of nitrogens with one attached hydrogen (secondary N) is 3. The summed E-state index contributed by atoms with van der Waals surface area (Å²) in [5.41, 5.74) is 6.93. The highest BCUT2D eigenvalue weighted by atomic mass is 16.7. The number of hydrogen-bond donors (Lipinski definition) is 8. The van der Waals surface area contributed by atoms with Gasteiger partial charge in [0.15, 0.2) is 23.1 Å². The molecule has 1 spiro atoms. The van der Waals surface area contributed by atoms with Crippen molar-refractivity contribution in [3.8, 4) is 11.5 Å². The van der Waals surface area contributed by atoms with E-state index in [4.69, 9.17) is 19.9 Å². The van der Waals surface area contributed by atoms with E-state index < -0.39 is 78.0 Å². The van der Waals surface area contributed by atoms with Gasteiger partial charge in [0.1, 0.15) is 42.9 Å². The van der Waals surface area contributed by atoms with Crippen molar-refractivity contribution in [2.75, 3.05) is 18.2 Å². The number of nitrogens with zero attached hydrogens (tertiary/aromatic N) is 1. The van der Waals surface area contributed by atoms with Crippen molar-refractivity contribution in [2.45, 2.75) is 99.2 Å². The number of carbonyl (C=O) groups excluding carboxylic acids is 3. The van der Waals surface area contributed by atoms with E-state index in [1.54, 1.807) is 24.3 Å². The fourth-order valence-electron chi connectivity index (χ4n) is 9.39. The number of aliphatic hydroxyl groups excluding tert-OH is 3. The molecule has 9 rings (SSSR count). The molecular weight excluding hydrogens is 698 g/mol. The maximum Gasteiger partial charge on any atom is 0.242 e. The van der Waals surface area contributed by atoms with E-state index in [0.29, 0.717) is 18.4 Å². The van der Waals surface area contributed by atoms with Crippen LogP contribution in [0.5, 0.6) is 11.5 Å². The van der Waals surface area contributed by atoms with Crippen LogP contribution in [0, 0.1) is 0 Å². The first-order valence-electron chi connectivity index (χ1n) is 18.6. The lowest BCUT2D eigenvalue weighted by molar-refractivity contribution is -0.314. The van der Waals surface area contributed by atoms with Gasteiger partial charge < -0.3 is 44.9 Å². The van der Waals surface area contributed by atoms with E-state index in [9.17, 15) is 34.8 Å². The molecule has 284 valence electrons. The molecule has 15 nitrogen and oxygen atoms in total. The molecule has 0 aromatic heterocycles. The zero-order valence-electron chi connectivity index (χ0n) is 29.3. The highest BCUT2D eigenvalue weighted by Crippen LogP contribution is 2.50. The Bertz CT molecular complexity index is 2020. The second kappa shape index (κ2) is 13.4. The molecule has 9 N–H and O–H groups in total. The smallest absolute Gasteiger partial charge is 0.242 e. The molecule has 4 fully saturated rings. The van der Waals surface area contributed by atoms with Crippen LogP contribution in [0.25, 0.3) is 0 Å². The van der Waals surface area contributed by atoms with Gasteiger partial charge in [-0.3, -0.25) is 30.8 Å². The highest BCUT2D eigenvalue weighted by molar-refractivity contribution is 6.29. The summed E-state index contributed by atoms with van der Waals surface area (Å²) in [6, 6.07) is 14.9. The van der Waals surface area contributed by atoms with Gasteiger partial charge in [0.25, 0.3) is 0 Å². The normalized spacial score (nSPS) is 33.1. The molecule has 0 radical (unpaired) electrons. The fraction of sp³-hybridized carbons (Fsp3) is 0.462. The summed E-state index contributed by atoms with van der Waals surface area (Å²) in [4.78, 5) is 43.1. The van der Waals surface area contributed by atoms with Crippen molar-refractivity contribution in [3.05, 3.63) is 88.0 Å². The highest BCUT2D eigenvalue weighted by Gasteiger charge is 2.55. The zero-order valence-corrected chi connectivity index (χ0v) is 29.3. The average molecular weight is 742 g/mol. The minimum Gasteiger partial charge on any atom is -0.504 e. The second-order valence-electron chi connectivity index (χ2n) is 15.1. The standard InChI is InChI=1S/C39H43N5O10/c40-38-42-35-26(36(51)43-38)41-17-44(35)24-11-5-4-8-19(24)18-12-15-52-39(13-6-1-7-14-39)34-31(49)30(48)32(50)37(54-34)53-33-22(18)16-23-25(29(33)47)28(46)21-10-3-2-9-20(21)27(23)45/h2-5,8-11,16,18,26,30-32,34-35,37-38,41-42,47-50H,1,6-7,12-15,17,40H2,(H,43,51)/t18-,26+,30+,31+,32-,34+,35+,37-,38-/m0/s1. The summed E-state index contributed by atoms with van der Waals surface area (Å²) in [5, 5.41) is 55.3. The van der Waals surface area contributed by atoms with Crippen molar-refractivity contribution in [1.29, 1.82) is 0 Å². The molecule has 2 aliphatic carbocycles. The predicted molar refractivity (Wildman–Crippen MR) is 191 cm³/mol. The zero-order chi connectivity index (χ0) is 37.5. The largest absolute Gasteiger partial charge is 0.504 e. The average Bonchev–Trinajstić information content (AvgIpc) is 3.60. The Balaban J connectivity index is 1.24. The lowest BCUT2D eigenvalue weighted by Crippen LogP contribution is -2.70. The van der Waals surface area contributed by atoms with Gasteiger partial charge in [0, 0.05) is 40.5 Å². The molecule has 1 amide bonds. The number of ether oxygens (including phenoxy) is 3. The van der Waals surface area contributed by atoms with Crippen LogP contribution in [-0.4, -0.2) is 106 Å². The minimum absolute atomic E-state index is 0.0153. The van der Waals surface area contributed by atoms with Gasteiger partial charge in [-0.05, 0) is 37.0 Å². The number of nitrogens with two attached hydrogens (primary N) is 1. The first-order chi connectivity index (χ1) is 26.1. The molecule has 3 aromatic rings. The summed E-state index contributed by atoms with van der Waals surface area (Å²) in [7, 11) is 0. The summed E-state index contributed by atoms with van der Waals surface area (Å²) >= 11 is 0. The summed E-state index contributed by atoms with van der Waals surface area (Å²) in [5.74, 6) is -2.79. The lowest BCUT2D eigenvalue weighted by atomic mass is 9.76. The van der Waals surface area contributed by atoms with Gasteiger partial charge in [-0.25, -0.2) is 0 Å². The Kier molecular flexibility index (Phi) is 8.74. The molecule has 0 unspecified atom stereocenters. The van der Waals surface area contributed by atoms with Crippen LogP contribution in [0.2, 0.25) is 0 Å². The molecule has 9 atom stereocenters. The summed E-state index contributed by atoms with van der Waals surface area (Å²) < 4.78 is 19.6. The molecule has 4 heterocycles. The van der Waals surface area contributed by atoms with Gasteiger partial charge in [0.2, 0.25) is 12.2 Å². The van der Waals surface area contributed by atoms with E-state index in [-0.39, 0.29) is 53.6 Å². The van der Waals surface area contributed by atoms with E-state index >= 15 is 0 Å². The Morgan fingerprint density at radius 1 is 0.852 bits per heavy atom. The van der Waals surface area contributed by atoms with Gasteiger partial charge in [-0.15, -0.1) is 0 Å². The van der Waals surface area contributed by atoms with Crippen molar-refractivity contribution in [2.24, 2.45) is 5.73 Å². The number of phenolic OH excluding ortho intramolecular Hbond substituents is 1. The monoisotopic (exact) mass is 741 g/mol. The maximum atomic E-state index is 14.1. The third-order valence-corrected chi connectivity index (χ3v) is 12.0. The molecule has 6 aliphatic rings. The first kappa shape index (κ1) is 35.3. The Hall–Kier alpha value is -4.45. The topological polar surface area (TPSA) is 225 Å². The van der Waals surface area contributed by atoms with E-state index in [1.807, 2.05) is 29.2 Å². The van der Waals surface area contributed by atoms with E-state index in [0.717, 1.165) is 30.5 Å². The maximum absolute atomic E-state index is 14.1.